The molecule has 1 amide bonds. The van der Waals surface area contributed by atoms with Gasteiger partial charge in [0.05, 0.1) is 10.1 Å². The lowest BCUT2D eigenvalue weighted by molar-refractivity contribution is -0.124. The SMILES string of the molecule is CC[C@H](C(=O)NCc1ccccc1C)n1sc2ccccc2c1=O. The number of carbonyl (C=O) groups is 1. The fraction of sp³-hybridized carbons (Fsp3) is 0.263. The van der Waals surface area contributed by atoms with Crippen molar-refractivity contribution in [3.8, 4) is 0 Å². The minimum Gasteiger partial charge on any atom is -0.350 e. The van der Waals surface area contributed by atoms with Crippen LogP contribution in [0, 0.1) is 6.92 Å². The van der Waals surface area contributed by atoms with Crippen LogP contribution >= 0.6 is 11.5 Å². The van der Waals surface area contributed by atoms with Gasteiger partial charge < -0.3 is 5.32 Å². The zero-order valence-electron chi connectivity index (χ0n) is 13.8. The van der Waals surface area contributed by atoms with Crippen LogP contribution in [0.3, 0.4) is 0 Å². The lowest BCUT2D eigenvalue weighted by Crippen LogP contribution is -2.34. The Balaban J connectivity index is 1.82. The maximum Gasteiger partial charge on any atom is 0.269 e. The predicted molar refractivity (Wildman–Crippen MR) is 98.4 cm³/mol. The minimum absolute atomic E-state index is 0.0894. The third kappa shape index (κ3) is 3.12. The Morgan fingerprint density at radius 2 is 1.88 bits per heavy atom. The molecule has 1 aromatic heterocycles. The van der Waals surface area contributed by atoms with Gasteiger partial charge in [0.25, 0.3) is 5.56 Å². The fourth-order valence-electron chi connectivity index (χ4n) is 2.76. The third-order valence-electron chi connectivity index (χ3n) is 4.20. The molecule has 0 fully saturated rings. The van der Waals surface area contributed by atoms with Gasteiger partial charge in [-0.3, -0.25) is 13.5 Å². The van der Waals surface area contributed by atoms with Crippen LogP contribution in [-0.2, 0) is 11.3 Å². The topological polar surface area (TPSA) is 51.1 Å². The fourth-order valence-corrected chi connectivity index (χ4v) is 3.92. The number of hydrogen-bond donors (Lipinski definition) is 1. The second-order valence-corrected chi connectivity index (χ2v) is 6.80. The lowest BCUT2D eigenvalue weighted by atomic mass is 10.1. The van der Waals surface area contributed by atoms with Gasteiger partial charge in [-0.05, 0) is 36.6 Å². The largest absolute Gasteiger partial charge is 0.350 e. The molecule has 0 saturated heterocycles. The number of benzene rings is 2. The summed E-state index contributed by atoms with van der Waals surface area (Å²) >= 11 is 1.35. The lowest BCUT2D eigenvalue weighted by Gasteiger charge is -2.15. The minimum atomic E-state index is -0.473. The van der Waals surface area contributed by atoms with E-state index in [-0.39, 0.29) is 11.5 Å². The number of aromatic nitrogens is 1. The molecule has 0 aliphatic rings. The van der Waals surface area contributed by atoms with Gasteiger partial charge in [-0.2, -0.15) is 0 Å². The van der Waals surface area contributed by atoms with Crippen LogP contribution in [0.2, 0.25) is 0 Å². The molecule has 0 aliphatic heterocycles. The maximum absolute atomic E-state index is 12.6. The highest BCUT2D eigenvalue weighted by atomic mass is 32.1. The molecule has 3 rings (SSSR count). The highest BCUT2D eigenvalue weighted by molar-refractivity contribution is 7.14. The molecular weight excluding hydrogens is 320 g/mol. The van der Waals surface area contributed by atoms with Gasteiger partial charge in [0, 0.05) is 6.54 Å². The van der Waals surface area contributed by atoms with E-state index >= 15 is 0 Å². The van der Waals surface area contributed by atoms with E-state index < -0.39 is 6.04 Å². The zero-order valence-corrected chi connectivity index (χ0v) is 14.6. The zero-order chi connectivity index (χ0) is 17.1. The first-order valence-corrected chi connectivity index (χ1v) is 8.82. The number of hydrogen-bond acceptors (Lipinski definition) is 3. The number of rotatable bonds is 5. The van der Waals surface area contributed by atoms with E-state index in [2.05, 4.69) is 5.32 Å². The van der Waals surface area contributed by atoms with Crippen molar-refractivity contribution < 1.29 is 4.79 Å². The second-order valence-electron chi connectivity index (χ2n) is 5.79. The Kier molecular flexibility index (Phi) is 4.81. The Labute approximate surface area is 144 Å². The second kappa shape index (κ2) is 7.01. The van der Waals surface area contributed by atoms with Gasteiger partial charge >= 0.3 is 0 Å². The van der Waals surface area contributed by atoms with E-state index in [1.165, 1.54) is 11.5 Å². The first-order valence-electron chi connectivity index (χ1n) is 8.04. The summed E-state index contributed by atoms with van der Waals surface area (Å²) in [6.07, 6.45) is 0.576. The molecule has 0 aliphatic carbocycles. The number of amides is 1. The molecule has 0 radical (unpaired) electrons. The molecule has 124 valence electrons. The molecular formula is C19H20N2O2S. The van der Waals surface area contributed by atoms with E-state index in [1.807, 2.05) is 62.4 Å². The van der Waals surface area contributed by atoms with Gasteiger partial charge in [-0.1, -0.05) is 54.9 Å². The van der Waals surface area contributed by atoms with Crippen LogP contribution in [-0.4, -0.2) is 9.86 Å². The first-order chi connectivity index (χ1) is 11.6. The van der Waals surface area contributed by atoms with Gasteiger partial charge in [0.15, 0.2) is 0 Å². The van der Waals surface area contributed by atoms with Crippen molar-refractivity contribution in [3.63, 3.8) is 0 Å². The summed E-state index contributed by atoms with van der Waals surface area (Å²) < 4.78 is 2.50. The van der Waals surface area contributed by atoms with E-state index in [4.69, 9.17) is 0 Å². The van der Waals surface area contributed by atoms with Crippen molar-refractivity contribution in [3.05, 3.63) is 70.0 Å². The van der Waals surface area contributed by atoms with Crippen molar-refractivity contribution in [2.75, 3.05) is 0 Å². The average molecular weight is 340 g/mol. The number of aryl methyl sites for hydroxylation is 1. The van der Waals surface area contributed by atoms with E-state index in [0.717, 1.165) is 15.8 Å². The molecule has 2 aromatic carbocycles. The molecule has 1 N–H and O–H groups in total. The summed E-state index contributed by atoms with van der Waals surface area (Å²) in [4.78, 5) is 25.2. The molecule has 1 heterocycles. The predicted octanol–water partition coefficient (Wildman–Crippen LogP) is 3.64. The molecule has 24 heavy (non-hydrogen) atoms. The maximum atomic E-state index is 12.6. The molecule has 0 unspecified atom stereocenters. The van der Waals surface area contributed by atoms with E-state index in [1.54, 1.807) is 3.96 Å². The first kappa shape index (κ1) is 16.5. The van der Waals surface area contributed by atoms with Gasteiger partial charge in [0.2, 0.25) is 5.91 Å². The molecule has 1 atom stereocenters. The quantitative estimate of drug-likeness (QED) is 0.771. The van der Waals surface area contributed by atoms with E-state index in [9.17, 15) is 9.59 Å². The van der Waals surface area contributed by atoms with Gasteiger partial charge in [-0.25, -0.2) is 0 Å². The van der Waals surface area contributed by atoms with Crippen LogP contribution in [0.4, 0.5) is 0 Å². The third-order valence-corrected chi connectivity index (χ3v) is 5.37. The highest BCUT2D eigenvalue weighted by Gasteiger charge is 2.22. The molecule has 4 nitrogen and oxygen atoms in total. The monoisotopic (exact) mass is 340 g/mol. The van der Waals surface area contributed by atoms with Crippen molar-refractivity contribution in [1.82, 2.24) is 9.27 Å². The molecule has 0 saturated carbocycles. The Morgan fingerprint density at radius 1 is 1.17 bits per heavy atom. The van der Waals surface area contributed by atoms with Crippen LogP contribution in [0.5, 0.6) is 0 Å². The van der Waals surface area contributed by atoms with Crippen molar-refractivity contribution >= 4 is 27.5 Å². The smallest absolute Gasteiger partial charge is 0.269 e. The van der Waals surface area contributed by atoms with Crippen molar-refractivity contribution in [2.45, 2.75) is 32.9 Å². The van der Waals surface area contributed by atoms with E-state index in [0.29, 0.717) is 18.4 Å². The summed E-state index contributed by atoms with van der Waals surface area (Å²) in [5.41, 5.74) is 2.14. The number of carbonyl (C=O) groups excluding carboxylic acids is 1. The molecule has 3 aromatic rings. The summed E-state index contributed by atoms with van der Waals surface area (Å²) in [5.74, 6) is -0.116. The van der Waals surface area contributed by atoms with Gasteiger partial charge in [0.1, 0.15) is 6.04 Å². The van der Waals surface area contributed by atoms with Crippen LogP contribution in [0.25, 0.3) is 10.1 Å². The number of fused-ring (bicyclic) bond motifs is 1. The Bertz CT molecular complexity index is 926. The Hall–Kier alpha value is -2.40. The molecule has 0 bridgehead atoms. The molecule has 5 heteroatoms. The van der Waals surface area contributed by atoms with Crippen LogP contribution < -0.4 is 10.9 Å². The average Bonchev–Trinajstić information content (AvgIpc) is 2.92. The normalized spacial score (nSPS) is 12.2. The van der Waals surface area contributed by atoms with Crippen LogP contribution in [0.1, 0.15) is 30.5 Å². The van der Waals surface area contributed by atoms with Crippen molar-refractivity contribution in [1.29, 1.82) is 0 Å². The molecule has 0 spiro atoms. The summed E-state index contributed by atoms with van der Waals surface area (Å²) in [7, 11) is 0. The highest BCUT2D eigenvalue weighted by Crippen LogP contribution is 2.21. The Morgan fingerprint density at radius 3 is 2.58 bits per heavy atom. The number of nitrogens with zero attached hydrogens (tertiary/aromatic N) is 1. The standard InChI is InChI=1S/C19H20N2O2S/c1-3-16(18(22)20-12-14-9-5-4-8-13(14)2)21-19(23)15-10-6-7-11-17(15)24-21/h4-11,16H,3,12H2,1-2H3,(H,20,22)/t16-/m1/s1. The summed E-state index contributed by atoms with van der Waals surface area (Å²) in [6.45, 7) is 4.42. The number of nitrogens with one attached hydrogen (secondary N) is 1. The van der Waals surface area contributed by atoms with Gasteiger partial charge in [-0.15, -0.1) is 0 Å². The summed E-state index contributed by atoms with van der Waals surface area (Å²) in [5, 5.41) is 3.64. The van der Waals surface area contributed by atoms with Crippen molar-refractivity contribution in [2.24, 2.45) is 0 Å². The summed E-state index contributed by atoms with van der Waals surface area (Å²) in [6, 6.07) is 15.0. The van der Waals surface area contributed by atoms with Crippen LogP contribution in [0.15, 0.2) is 53.3 Å².